The van der Waals surface area contributed by atoms with Crippen molar-refractivity contribution in [1.29, 1.82) is 0 Å². The first-order chi connectivity index (χ1) is 12.0. The number of halogens is 2. The molecular formula is C16H19ClFN3O3S. The number of amidine groups is 1. The van der Waals surface area contributed by atoms with E-state index in [-0.39, 0.29) is 23.3 Å². The van der Waals surface area contributed by atoms with Crippen LogP contribution in [-0.2, 0) is 14.3 Å². The minimum atomic E-state index is -0.560. The van der Waals surface area contributed by atoms with Gasteiger partial charge >= 0.3 is 0 Å². The van der Waals surface area contributed by atoms with Gasteiger partial charge in [0.15, 0.2) is 5.17 Å². The second kappa shape index (κ2) is 9.74. The van der Waals surface area contributed by atoms with Gasteiger partial charge in [-0.15, -0.1) is 0 Å². The van der Waals surface area contributed by atoms with Crippen LogP contribution in [0.3, 0.4) is 0 Å². The van der Waals surface area contributed by atoms with Crippen LogP contribution in [0, 0.1) is 5.82 Å². The van der Waals surface area contributed by atoms with E-state index in [1.165, 1.54) is 30.0 Å². The summed E-state index contributed by atoms with van der Waals surface area (Å²) in [6.45, 7) is 3.76. The highest BCUT2D eigenvalue weighted by molar-refractivity contribution is 8.15. The summed E-state index contributed by atoms with van der Waals surface area (Å²) in [6.07, 6.45) is 0.758. The number of carbonyl (C=O) groups excluding carboxylic acids is 2. The average Bonchev–Trinajstić information content (AvgIpc) is 2.90. The molecule has 1 aromatic rings. The normalized spacial score (nSPS) is 18.4. The van der Waals surface area contributed by atoms with E-state index in [2.05, 4.69) is 15.6 Å². The maximum Gasteiger partial charge on any atom is 0.240 e. The molecule has 0 unspecified atom stereocenters. The molecule has 25 heavy (non-hydrogen) atoms. The number of benzene rings is 1. The van der Waals surface area contributed by atoms with Crippen molar-refractivity contribution < 1.29 is 18.7 Å². The van der Waals surface area contributed by atoms with Gasteiger partial charge in [0, 0.05) is 31.9 Å². The summed E-state index contributed by atoms with van der Waals surface area (Å²) in [6, 6.07) is 3.90. The summed E-state index contributed by atoms with van der Waals surface area (Å²) in [5, 5.41) is 5.16. The molecule has 1 saturated heterocycles. The summed E-state index contributed by atoms with van der Waals surface area (Å²) in [4.78, 5) is 28.3. The minimum Gasteiger partial charge on any atom is -0.382 e. The highest BCUT2D eigenvalue weighted by Gasteiger charge is 2.31. The first-order valence-electron chi connectivity index (χ1n) is 7.84. The average molecular weight is 388 g/mol. The highest BCUT2D eigenvalue weighted by atomic mass is 35.5. The molecule has 0 radical (unpaired) electrons. The lowest BCUT2D eigenvalue weighted by Crippen LogP contribution is -2.28. The Balaban J connectivity index is 1.81. The van der Waals surface area contributed by atoms with Crippen molar-refractivity contribution >= 4 is 46.0 Å². The zero-order valence-corrected chi connectivity index (χ0v) is 15.3. The van der Waals surface area contributed by atoms with Crippen LogP contribution < -0.4 is 10.6 Å². The van der Waals surface area contributed by atoms with Crippen LogP contribution in [0.15, 0.2) is 23.2 Å². The third kappa shape index (κ3) is 6.30. The van der Waals surface area contributed by atoms with Gasteiger partial charge in [-0.3, -0.25) is 14.6 Å². The number of ether oxygens (including phenoxy) is 1. The van der Waals surface area contributed by atoms with E-state index in [0.717, 1.165) is 6.42 Å². The Labute approximate surface area is 154 Å². The summed E-state index contributed by atoms with van der Waals surface area (Å²) in [5.41, 5.74) is 0.379. The lowest BCUT2D eigenvalue weighted by atomic mass is 10.2. The van der Waals surface area contributed by atoms with E-state index < -0.39 is 11.1 Å². The number of hydrogen-bond acceptors (Lipinski definition) is 5. The molecule has 0 aliphatic carbocycles. The number of aliphatic imine (C=N–C) groups is 1. The first-order valence-corrected chi connectivity index (χ1v) is 9.10. The van der Waals surface area contributed by atoms with Crippen molar-refractivity contribution in [3.05, 3.63) is 29.0 Å². The zero-order chi connectivity index (χ0) is 18.2. The van der Waals surface area contributed by atoms with Gasteiger partial charge in [0.05, 0.1) is 5.02 Å². The molecule has 2 N–H and O–H groups in total. The largest absolute Gasteiger partial charge is 0.382 e. The van der Waals surface area contributed by atoms with E-state index in [4.69, 9.17) is 16.3 Å². The maximum absolute atomic E-state index is 13.1. The van der Waals surface area contributed by atoms with Crippen molar-refractivity contribution in [2.24, 2.45) is 4.99 Å². The quantitative estimate of drug-likeness (QED) is 0.672. The molecule has 0 aromatic heterocycles. The number of carbonyl (C=O) groups is 2. The van der Waals surface area contributed by atoms with Crippen LogP contribution in [0.25, 0.3) is 0 Å². The van der Waals surface area contributed by atoms with E-state index in [9.17, 15) is 14.0 Å². The maximum atomic E-state index is 13.1. The topological polar surface area (TPSA) is 79.8 Å². The van der Waals surface area contributed by atoms with Crippen LogP contribution in [0.4, 0.5) is 10.1 Å². The van der Waals surface area contributed by atoms with Crippen LogP contribution in [0.1, 0.15) is 19.8 Å². The molecular weight excluding hydrogens is 369 g/mol. The Hall–Kier alpha value is -1.64. The summed E-state index contributed by atoms with van der Waals surface area (Å²) in [5.74, 6) is -1.16. The molecule has 0 saturated carbocycles. The molecule has 136 valence electrons. The van der Waals surface area contributed by atoms with Gasteiger partial charge in [0.1, 0.15) is 11.1 Å². The zero-order valence-electron chi connectivity index (χ0n) is 13.7. The molecule has 0 bridgehead atoms. The van der Waals surface area contributed by atoms with Crippen molar-refractivity contribution in [2.75, 3.05) is 25.1 Å². The number of nitrogens with zero attached hydrogens (tertiary/aromatic N) is 1. The lowest BCUT2D eigenvalue weighted by Gasteiger charge is -2.08. The van der Waals surface area contributed by atoms with Gasteiger partial charge in [0.25, 0.3) is 0 Å². The molecule has 1 atom stereocenters. The molecule has 9 heteroatoms. The number of rotatable bonds is 8. The minimum absolute atomic E-state index is 0.0105. The van der Waals surface area contributed by atoms with Gasteiger partial charge < -0.3 is 15.4 Å². The first kappa shape index (κ1) is 19.7. The van der Waals surface area contributed by atoms with Crippen LogP contribution in [0.5, 0.6) is 0 Å². The fourth-order valence-corrected chi connectivity index (χ4v) is 3.24. The van der Waals surface area contributed by atoms with Crippen molar-refractivity contribution in [2.45, 2.75) is 25.0 Å². The predicted octanol–water partition coefficient (Wildman–Crippen LogP) is 2.82. The fraction of sp³-hybridized carbons (Fsp3) is 0.438. The molecule has 1 aliphatic rings. The summed E-state index contributed by atoms with van der Waals surface area (Å²) < 4.78 is 18.3. The summed E-state index contributed by atoms with van der Waals surface area (Å²) in [7, 11) is 0. The molecule has 1 aromatic carbocycles. The van der Waals surface area contributed by atoms with E-state index >= 15 is 0 Å². The fourth-order valence-electron chi connectivity index (χ4n) is 2.06. The second-order valence-corrected chi connectivity index (χ2v) is 6.81. The van der Waals surface area contributed by atoms with Crippen LogP contribution >= 0.6 is 23.4 Å². The van der Waals surface area contributed by atoms with Crippen molar-refractivity contribution in [3.8, 4) is 0 Å². The van der Waals surface area contributed by atoms with E-state index in [0.29, 0.717) is 30.6 Å². The predicted molar refractivity (Wildman–Crippen MR) is 97.6 cm³/mol. The van der Waals surface area contributed by atoms with Gasteiger partial charge in [0.2, 0.25) is 11.8 Å². The Kier molecular flexibility index (Phi) is 7.67. The molecule has 6 nitrogen and oxygen atoms in total. The lowest BCUT2D eigenvalue weighted by molar-refractivity contribution is -0.122. The number of amides is 2. The van der Waals surface area contributed by atoms with E-state index in [1.807, 2.05) is 6.92 Å². The Morgan fingerprint density at radius 2 is 2.32 bits per heavy atom. The number of hydrogen-bond donors (Lipinski definition) is 2. The Bertz CT molecular complexity index is 672. The van der Waals surface area contributed by atoms with E-state index in [1.54, 1.807) is 0 Å². The van der Waals surface area contributed by atoms with Gasteiger partial charge in [-0.1, -0.05) is 23.4 Å². The molecule has 0 spiro atoms. The molecule has 1 fully saturated rings. The monoisotopic (exact) mass is 387 g/mol. The molecule has 1 heterocycles. The van der Waals surface area contributed by atoms with Gasteiger partial charge in [-0.25, -0.2) is 4.39 Å². The second-order valence-electron chi connectivity index (χ2n) is 5.21. The Morgan fingerprint density at radius 1 is 1.52 bits per heavy atom. The molecule has 2 amide bonds. The van der Waals surface area contributed by atoms with Crippen LogP contribution in [-0.4, -0.2) is 42.0 Å². The number of anilines is 1. The smallest absolute Gasteiger partial charge is 0.240 e. The van der Waals surface area contributed by atoms with Crippen molar-refractivity contribution in [1.82, 2.24) is 5.32 Å². The number of thioether (sulfide) groups is 1. The third-order valence-corrected chi connectivity index (χ3v) is 4.67. The van der Waals surface area contributed by atoms with Crippen LogP contribution in [0.2, 0.25) is 5.02 Å². The highest BCUT2D eigenvalue weighted by Crippen LogP contribution is 2.24. The van der Waals surface area contributed by atoms with Crippen molar-refractivity contribution in [3.63, 3.8) is 0 Å². The summed E-state index contributed by atoms with van der Waals surface area (Å²) >= 11 is 6.90. The Morgan fingerprint density at radius 3 is 3.04 bits per heavy atom. The van der Waals surface area contributed by atoms with Gasteiger partial charge in [-0.2, -0.15) is 0 Å². The molecule has 1 aliphatic heterocycles. The van der Waals surface area contributed by atoms with Gasteiger partial charge in [-0.05, 0) is 31.5 Å². The SMILES string of the molecule is CCOCCCN=C1NC(=O)[C@@H](CC(=O)Nc2ccc(F)c(Cl)c2)S1. The third-order valence-electron chi connectivity index (χ3n) is 3.26. The number of nitrogens with one attached hydrogen (secondary N) is 2. The molecule has 2 rings (SSSR count). The standard InChI is InChI=1S/C16H19ClFN3O3S/c1-2-24-7-3-6-19-16-21-15(23)13(25-16)9-14(22)20-10-4-5-12(18)11(17)8-10/h4-5,8,13H,2-3,6-7,9H2,1H3,(H,20,22)(H,19,21,23)/t13-/m1/s1.